The minimum atomic E-state index is -0.310. The number of aryl methyl sites for hydroxylation is 2. The Kier molecular flexibility index (Phi) is 5.01. The highest BCUT2D eigenvalue weighted by Crippen LogP contribution is 2.27. The van der Waals surface area contributed by atoms with Crippen LogP contribution in [0, 0.1) is 13.8 Å². The maximum atomic E-state index is 13.3. The molecule has 1 aromatic heterocycles. The van der Waals surface area contributed by atoms with Gasteiger partial charge in [-0.15, -0.1) is 0 Å². The molecule has 5 heteroatoms. The van der Waals surface area contributed by atoms with Crippen molar-refractivity contribution in [3.8, 4) is 16.9 Å². The lowest BCUT2D eigenvalue weighted by atomic mass is 10.0. The molecule has 1 saturated heterocycles. The van der Waals surface area contributed by atoms with E-state index in [1.54, 1.807) is 4.68 Å². The highest BCUT2D eigenvalue weighted by Gasteiger charge is 2.26. The van der Waals surface area contributed by atoms with Crippen molar-refractivity contribution in [3.05, 3.63) is 71.4 Å². The molecule has 0 bridgehead atoms. The van der Waals surface area contributed by atoms with Crippen LogP contribution in [0.2, 0.25) is 0 Å². The SMILES string of the molecule is Cc1ccc(-c2nn(-c3ccccc3)cc2C(=O)N2CCC(O)CC2)cc1C. The van der Waals surface area contributed by atoms with Gasteiger partial charge in [0.25, 0.3) is 5.91 Å². The number of para-hydroxylation sites is 1. The van der Waals surface area contributed by atoms with Crippen LogP contribution in [-0.2, 0) is 0 Å². The van der Waals surface area contributed by atoms with E-state index in [0.717, 1.165) is 11.3 Å². The molecule has 0 saturated carbocycles. The molecule has 1 aliphatic heterocycles. The molecule has 1 amide bonds. The highest BCUT2D eigenvalue weighted by atomic mass is 16.3. The van der Waals surface area contributed by atoms with Crippen molar-refractivity contribution in [1.29, 1.82) is 0 Å². The largest absolute Gasteiger partial charge is 0.393 e. The van der Waals surface area contributed by atoms with Crippen molar-refractivity contribution in [1.82, 2.24) is 14.7 Å². The quantitative estimate of drug-likeness (QED) is 0.758. The number of nitrogens with zero attached hydrogens (tertiary/aromatic N) is 3. The van der Waals surface area contributed by atoms with Crippen LogP contribution in [0.25, 0.3) is 16.9 Å². The summed E-state index contributed by atoms with van der Waals surface area (Å²) in [5, 5.41) is 14.5. The van der Waals surface area contributed by atoms with Crippen molar-refractivity contribution in [2.45, 2.75) is 32.8 Å². The van der Waals surface area contributed by atoms with Crippen LogP contribution in [0.3, 0.4) is 0 Å². The Balaban J connectivity index is 1.78. The first-order valence-corrected chi connectivity index (χ1v) is 9.73. The van der Waals surface area contributed by atoms with Crippen LogP contribution in [0.4, 0.5) is 0 Å². The van der Waals surface area contributed by atoms with Gasteiger partial charge < -0.3 is 10.0 Å². The average Bonchev–Trinajstić information content (AvgIpc) is 3.16. The number of benzene rings is 2. The van der Waals surface area contributed by atoms with E-state index >= 15 is 0 Å². The Morgan fingerprint density at radius 3 is 2.43 bits per heavy atom. The summed E-state index contributed by atoms with van der Waals surface area (Å²) in [4.78, 5) is 15.1. The first-order valence-electron chi connectivity index (χ1n) is 9.73. The zero-order valence-corrected chi connectivity index (χ0v) is 16.3. The van der Waals surface area contributed by atoms with Crippen LogP contribution < -0.4 is 0 Å². The van der Waals surface area contributed by atoms with Gasteiger partial charge in [-0.2, -0.15) is 5.10 Å². The number of piperidine rings is 1. The van der Waals surface area contributed by atoms with Crippen LogP contribution in [0.5, 0.6) is 0 Å². The Hall–Kier alpha value is -2.92. The minimum Gasteiger partial charge on any atom is -0.393 e. The third-order valence-corrected chi connectivity index (χ3v) is 5.50. The van der Waals surface area contributed by atoms with E-state index in [2.05, 4.69) is 26.0 Å². The number of carbonyl (C=O) groups is 1. The standard InChI is InChI=1S/C23H25N3O2/c1-16-8-9-18(14-17(16)2)22-21(23(28)25-12-10-20(27)11-13-25)15-26(24-22)19-6-4-3-5-7-19/h3-9,14-15,20,27H,10-13H2,1-2H3. The van der Waals surface area contributed by atoms with E-state index in [1.165, 1.54) is 11.1 Å². The molecule has 0 radical (unpaired) electrons. The van der Waals surface area contributed by atoms with Gasteiger partial charge in [0.1, 0.15) is 5.69 Å². The fourth-order valence-corrected chi connectivity index (χ4v) is 3.58. The predicted molar refractivity (Wildman–Crippen MR) is 110 cm³/mol. The van der Waals surface area contributed by atoms with E-state index in [4.69, 9.17) is 5.10 Å². The van der Waals surface area contributed by atoms with Crippen LogP contribution in [0.1, 0.15) is 34.3 Å². The van der Waals surface area contributed by atoms with Gasteiger partial charge in [0, 0.05) is 24.8 Å². The number of hydrogen-bond acceptors (Lipinski definition) is 3. The number of rotatable bonds is 3. The van der Waals surface area contributed by atoms with Gasteiger partial charge in [0.15, 0.2) is 0 Å². The molecule has 3 aromatic rings. The summed E-state index contributed by atoms with van der Waals surface area (Å²) < 4.78 is 1.77. The van der Waals surface area contributed by atoms with E-state index in [0.29, 0.717) is 37.2 Å². The summed E-state index contributed by atoms with van der Waals surface area (Å²) in [6, 6.07) is 16.0. The molecule has 0 unspecified atom stereocenters. The van der Waals surface area contributed by atoms with Crippen molar-refractivity contribution < 1.29 is 9.90 Å². The Labute approximate surface area is 165 Å². The number of likely N-dealkylation sites (tertiary alicyclic amines) is 1. The summed E-state index contributed by atoms with van der Waals surface area (Å²) in [5.41, 5.74) is 5.54. The zero-order valence-electron chi connectivity index (χ0n) is 16.3. The molecular weight excluding hydrogens is 350 g/mol. The van der Waals surface area contributed by atoms with E-state index < -0.39 is 0 Å². The van der Waals surface area contributed by atoms with E-state index in [1.807, 2.05) is 47.5 Å². The van der Waals surface area contributed by atoms with Crippen molar-refractivity contribution in [2.75, 3.05) is 13.1 Å². The lowest BCUT2D eigenvalue weighted by molar-refractivity contribution is 0.0547. The van der Waals surface area contributed by atoms with Gasteiger partial charge in [-0.3, -0.25) is 4.79 Å². The molecule has 5 nitrogen and oxygen atoms in total. The zero-order chi connectivity index (χ0) is 19.7. The molecule has 0 aliphatic carbocycles. The highest BCUT2D eigenvalue weighted by molar-refractivity contribution is 6.00. The molecule has 2 aromatic carbocycles. The number of aromatic nitrogens is 2. The second kappa shape index (κ2) is 7.60. The van der Waals surface area contributed by atoms with Crippen molar-refractivity contribution >= 4 is 5.91 Å². The molecule has 1 aliphatic rings. The fraction of sp³-hybridized carbons (Fsp3) is 0.304. The van der Waals surface area contributed by atoms with Crippen LogP contribution in [-0.4, -0.2) is 44.9 Å². The van der Waals surface area contributed by atoms with Gasteiger partial charge >= 0.3 is 0 Å². The van der Waals surface area contributed by atoms with Crippen LogP contribution in [0.15, 0.2) is 54.7 Å². The van der Waals surface area contributed by atoms with Gasteiger partial charge in [-0.1, -0.05) is 30.3 Å². The Bertz CT molecular complexity index is 986. The molecule has 1 fully saturated rings. The molecule has 2 heterocycles. The molecule has 1 N–H and O–H groups in total. The van der Waals surface area contributed by atoms with Crippen LogP contribution >= 0.6 is 0 Å². The second-order valence-electron chi connectivity index (χ2n) is 7.49. The Morgan fingerprint density at radius 1 is 1.04 bits per heavy atom. The van der Waals surface area contributed by atoms with E-state index in [-0.39, 0.29) is 12.0 Å². The second-order valence-corrected chi connectivity index (χ2v) is 7.49. The summed E-state index contributed by atoms with van der Waals surface area (Å²) in [5.74, 6) is -0.0256. The van der Waals surface area contributed by atoms with E-state index in [9.17, 15) is 9.90 Å². The van der Waals surface area contributed by atoms with Gasteiger partial charge in [-0.05, 0) is 56.0 Å². The number of hydrogen-bond donors (Lipinski definition) is 1. The number of aliphatic hydroxyl groups is 1. The van der Waals surface area contributed by atoms with Gasteiger partial charge in [0.2, 0.25) is 0 Å². The summed E-state index contributed by atoms with van der Waals surface area (Å²) in [6.45, 7) is 5.29. The van der Waals surface area contributed by atoms with Crippen molar-refractivity contribution in [3.63, 3.8) is 0 Å². The lowest BCUT2D eigenvalue weighted by Crippen LogP contribution is -2.40. The molecule has 28 heavy (non-hydrogen) atoms. The number of amides is 1. The maximum Gasteiger partial charge on any atom is 0.257 e. The lowest BCUT2D eigenvalue weighted by Gasteiger charge is -2.29. The normalized spacial score (nSPS) is 15.0. The fourth-order valence-electron chi connectivity index (χ4n) is 3.58. The molecular formula is C23H25N3O2. The first kappa shape index (κ1) is 18.4. The molecule has 144 valence electrons. The molecule has 0 spiro atoms. The summed E-state index contributed by atoms with van der Waals surface area (Å²) >= 11 is 0. The van der Waals surface area contributed by atoms with Gasteiger partial charge in [0.05, 0.1) is 17.4 Å². The monoisotopic (exact) mass is 375 g/mol. The van der Waals surface area contributed by atoms with Crippen molar-refractivity contribution in [2.24, 2.45) is 0 Å². The maximum absolute atomic E-state index is 13.3. The molecule has 0 atom stereocenters. The predicted octanol–water partition coefficient (Wildman–Crippen LogP) is 3.75. The number of carbonyl (C=O) groups excluding carboxylic acids is 1. The average molecular weight is 375 g/mol. The third kappa shape index (κ3) is 3.58. The number of aliphatic hydroxyl groups excluding tert-OH is 1. The third-order valence-electron chi connectivity index (χ3n) is 5.50. The summed E-state index contributed by atoms with van der Waals surface area (Å²) in [6.07, 6.45) is 2.76. The van der Waals surface area contributed by atoms with Gasteiger partial charge in [-0.25, -0.2) is 4.68 Å². The minimum absolute atomic E-state index is 0.0256. The first-order chi connectivity index (χ1) is 13.5. The summed E-state index contributed by atoms with van der Waals surface area (Å²) in [7, 11) is 0. The molecule has 4 rings (SSSR count). The Morgan fingerprint density at radius 2 is 1.75 bits per heavy atom. The topological polar surface area (TPSA) is 58.4 Å². The smallest absolute Gasteiger partial charge is 0.257 e.